The Morgan fingerprint density at radius 2 is 2.04 bits per heavy atom. The third-order valence-corrected chi connectivity index (χ3v) is 3.51. The lowest BCUT2D eigenvalue weighted by Gasteiger charge is -2.11. The van der Waals surface area contributed by atoms with Crippen LogP contribution in [0, 0.1) is 0 Å². The Labute approximate surface area is 141 Å². The predicted octanol–water partition coefficient (Wildman–Crippen LogP) is 2.10. The lowest BCUT2D eigenvalue weighted by atomic mass is 10.1. The smallest absolute Gasteiger partial charge is 0.244 e. The van der Waals surface area contributed by atoms with Crippen LogP contribution in [0.2, 0.25) is 0 Å². The fraction of sp³-hybridized carbons (Fsp3) is 0.211. The minimum atomic E-state index is -0.217. The number of aromatic hydroxyl groups is 1. The van der Waals surface area contributed by atoms with Gasteiger partial charge in [0.15, 0.2) is 11.5 Å². The predicted molar refractivity (Wildman–Crippen MR) is 94.8 cm³/mol. The molecule has 5 heteroatoms. The van der Waals surface area contributed by atoms with Crippen LogP contribution >= 0.6 is 0 Å². The van der Waals surface area contributed by atoms with Gasteiger partial charge in [0.1, 0.15) is 0 Å². The maximum absolute atomic E-state index is 11.9. The van der Waals surface area contributed by atoms with E-state index in [2.05, 4.69) is 5.32 Å². The van der Waals surface area contributed by atoms with Gasteiger partial charge in [0.05, 0.1) is 7.11 Å². The first-order valence-electron chi connectivity index (χ1n) is 7.71. The van der Waals surface area contributed by atoms with Crippen molar-refractivity contribution >= 4 is 12.0 Å². The summed E-state index contributed by atoms with van der Waals surface area (Å²) in [7, 11) is 1.48. The monoisotopic (exact) mass is 326 g/mol. The van der Waals surface area contributed by atoms with Crippen LogP contribution in [0.15, 0.2) is 54.6 Å². The Morgan fingerprint density at radius 1 is 1.29 bits per heavy atom. The normalized spacial score (nSPS) is 12.1. The highest BCUT2D eigenvalue weighted by Gasteiger charge is 2.05. The van der Waals surface area contributed by atoms with Crippen LogP contribution in [0.4, 0.5) is 0 Å². The standard InChI is InChI=1S/C19H22N2O3/c1-24-18-12-15(7-9-17(18)22)8-10-19(23)21-13-16(20)11-14-5-3-2-4-6-14/h2-10,12,16,22H,11,13,20H2,1H3,(H,21,23)/b10-8+/t16-/m1/s1. The second kappa shape index (κ2) is 8.74. The second-order valence-electron chi connectivity index (χ2n) is 5.46. The van der Waals surface area contributed by atoms with E-state index in [9.17, 15) is 9.90 Å². The molecule has 0 saturated heterocycles. The number of benzene rings is 2. The van der Waals surface area contributed by atoms with E-state index in [1.165, 1.54) is 19.3 Å². The summed E-state index contributed by atoms with van der Waals surface area (Å²) >= 11 is 0. The molecule has 2 aromatic carbocycles. The highest BCUT2D eigenvalue weighted by atomic mass is 16.5. The topological polar surface area (TPSA) is 84.6 Å². The zero-order chi connectivity index (χ0) is 17.4. The van der Waals surface area contributed by atoms with E-state index in [0.717, 1.165) is 11.1 Å². The van der Waals surface area contributed by atoms with Gasteiger partial charge in [-0.3, -0.25) is 4.79 Å². The van der Waals surface area contributed by atoms with Gasteiger partial charge in [-0.1, -0.05) is 36.4 Å². The summed E-state index contributed by atoms with van der Waals surface area (Å²) in [5.41, 5.74) is 7.93. The number of nitrogens with two attached hydrogens (primary N) is 1. The lowest BCUT2D eigenvalue weighted by Crippen LogP contribution is -2.37. The quantitative estimate of drug-likeness (QED) is 0.680. The van der Waals surface area contributed by atoms with Crippen LogP contribution in [-0.4, -0.2) is 30.7 Å². The molecule has 2 aromatic rings. The van der Waals surface area contributed by atoms with Crippen molar-refractivity contribution in [3.05, 3.63) is 65.7 Å². The molecule has 126 valence electrons. The van der Waals surface area contributed by atoms with E-state index < -0.39 is 0 Å². The van der Waals surface area contributed by atoms with Gasteiger partial charge in [0, 0.05) is 18.7 Å². The van der Waals surface area contributed by atoms with Gasteiger partial charge in [0.2, 0.25) is 5.91 Å². The first-order chi connectivity index (χ1) is 11.6. The largest absolute Gasteiger partial charge is 0.504 e. The summed E-state index contributed by atoms with van der Waals surface area (Å²) in [6.45, 7) is 0.400. The van der Waals surface area contributed by atoms with Gasteiger partial charge >= 0.3 is 0 Å². The zero-order valence-corrected chi connectivity index (χ0v) is 13.6. The van der Waals surface area contributed by atoms with Gasteiger partial charge in [-0.05, 0) is 35.8 Å². The number of rotatable bonds is 7. The van der Waals surface area contributed by atoms with Gasteiger partial charge in [0.25, 0.3) is 0 Å². The molecule has 4 N–H and O–H groups in total. The minimum Gasteiger partial charge on any atom is -0.504 e. The Hall–Kier alpha value is -2.79. The summed E-state index contributed by atoms with van der Waals surface area (Å²) in [4.78, 5) is 11.9. The summed E-state index contributed by atoms with van der Waals surface area (Å²) in [6.07, 6.45) is 3.79. The third kappa shape index (κ3) is 5.44. The van der Waals surface area contributed by atoms with E-state index in [1.54, 1.807) is 18.2 Å². The molecule has 0 aromatic heterocycles. The van der Waals surface area contributed by atoms with Crippen molar-refractivity contribution in [1.29, 1.82) is 0 Å². The van der Waals surface area contributed by atoms with Crippen molar-refractivity contribution in [3.63, 3.8) is 0 Å². The molecular weight excluding hydrogens is 304 g/mol. The molecule has 2 rings (SSSR count). The van der Waals surface area contributed by atoms with Gasteiger partial charge in [-0.25, -0.2) is 0 Å². The number of phenols is 1. The molecule has 5 nitrogen and oxygen atoms in total. The summed E-state index contributed by atoms with van der Waals surface area (Å²) in [6, 6.07) is 14.7. The van der Waals surface area contributed by atoms with Crippen molar-refractivity contribution in [1.82, 2.24) is 5.32 Å². The first-order valence-corrected chi connectivity index (χ1v) is 7.71. The maximum atomic E-state index is 11.9. The molecule has 24 heavy (non-hydrogen) atoms. The minimum absolute atomic E-state index is 0.0611. The Bertz CT molecular complexity index is 699. The number of amides is 1. The van der Waals surface area contributed by atoms with Crippen molar-refractivity contribution in [2.75, 3.05) is 13.7 Å². The van der Waals surface area contributed by atoms with E-state index >= 15 is 0 Å². The average Bonchev–Trinajstić information content (AvgIpc) is 2.60. The highest BCUT2D eigenvalue weighted by Crippen LogP contribution is 2.26. The van der Waals surface area contributed by atoms with Crippen LogP contribution in [0.3, 0.4) is 0 Å². The molecule has 0 bridgehead atoms. The Balaban J connectivity index is 1.82. The number of hydrogen-bond acceptors (Lipinski definition) is 4. The van der Waals surface area contributed by atoms with Gasteiger partial charge in [-0.2, -0.15) is 0 Å². The van der Waals surface area contributed by atoms with Crippen LogP contribution in [0.25, 0.3) is 6.08 Å². The first kappa shape index (κ1) is 17.6. The molecule has 0 heterocycles. The molecule has 0 spiro atoms. The molecule has 0 aliphatic rings. The molecular formula is C19H22N2O3. The van der Waals surface area contributed by atoms with Crippen molar-refractivity contribution < 1.29 is 14.6 Å². The lowest BCUT2D eigenvalue weighted by molar-refractivity contribution is -0.116. The number of phenolic OH excluding ortho intramolecular Hbond substituents is 1. The van der Waals surface area contributed by atoms with Crippen molar-refractivity contribution in [2.24, 2.45) is 5.73 Å². The number of ether oxygens (including phenoxy) is 1. The second-order valence-corrected chi connectivity index (χ2v) is 5.46. The summed E-state index contributed by atoms with van der Waals surface area (Å²) < 4.78 is 5.03. The SMILES string of the molecule is COc1cc(/C=C/C(=O)NC[C@H](N)Cc2ccccc2)ccc1O. The number of hydrogen-bond donors (Lipinski definition) is 3. The molecule has 0 radical (unpaired) electrons. The summed E-state index contributed by atoms with van der Waals surface area (Å²) in [5, 5.41) is 12.3. The molecule has 0 aliphatic heterocycles. The van der Waals surface area contributed by atoms with Crippen LogP contribution < -0.4 is 15.8 Å². The fourth-order valence-electron chi connectivity index (χ4n) is 2.25. The number of carbonyl (C=O) groups is 1. The Morgan fingerprint density at radius 3 is 2.75 bits per heavy atom. The molecule has 0 aliphatic carbocycles. The van der Waals surface area contributed by atoms with Crippen LogP contribution in [-0.2, 0) is 11.2 Å². The number of carbonyl (C=O) groups excluding carboxylic acids is 1. The number of nitrogens with one attached hydrogen (secondary N) is 1. The molecule has 0 unspecified atom stereocenters. The van der Waals surface area contributed by atoms with Crippen LogP contribution in [0.1, 0.15) is 11.1 Å². The van der Waals surface area contributed by atoms with Crippen molar-refractivity contribution in [2.45, 2.75) is 12.5 Å². The zero-order valence-electron chi connectivity index (χ0n) is 13.6. The van der Waals surface area contributed by atoms with Crippen LogP contribution in [0.5, 0.6) is 11.5 Å². The number of methoxy groups -OCH3 is 1. The molecule has 1 amide bonds. The fourth-order valence-corrected chi connectivity index (χ4v) is 2.25. The maximum Gasteiger partial charge on any atom is 0.244 e. The van der Waals surface area contributed by atoms with E-state index in [-0.39, 0.29) is 17.7 Å². The Kier molecular flexibility index (Phi) is 6.40. The average molecular weight is 326 g/mol. The van der Waals surface area contributed by atoms with E-state index in [0.29, 0.717) is 18.7 Å². The van der Waals surface area contributed by atoms with E-state index in [4.69, 9.17) is 10.5 Å². The summed E-state index contributed by atoms with van der Waals surface area (Å²) in [5.74, 6) is 0.207. The molecule has 1 atom stereocenters. The molecule has 0 saturated carbocycles. The van der Waals surface area contributed by atoms with Gasteiger partial charge in [-0.15, -0.1) is 0 Å². The molecule has 0 fully saturated rings. The highest BCUT2D eigenvalue weighted by molar-refractivity contribution is 5.91. The van der Waals surface area contributed by atoms with Crippen molar-refractivity contribution in [3.8, 4) is 11.5 Å². The van der Waals surface area contributed by atoms with E-state index in [1.807, 2.05) is 30.3 Å². The third-order valence-electron chi connectivity index (χ3n) is 3.51. The van der Waals surface area contributed by atoms with Gasteiger partial charge < -0.3 is 20.9 Å².